The van der Waals surface area contributed by atoms with Crippen LogP contribution in [0.5, 0.6) is 0 Å². The maximum Gasteiger partial charge on any atom is 0.0747 e. The van der Waals surface area contributed by atoms with E-state index in [1.807, 2.05) is 0 Å². The Morgan fingerprint density at radius 2 is 1.72 bits per heavy atom. The van der Waals surface area contributed by atoms with Gasteiger partial charge in [-0.2, -0.15) is 0 Å². The molecule has 5 heteroatoms. The fraction of sp³-hybridized carbons (Fsp3) is 0.538. The Kier molecular flexibility index (Phi) is 3.67. The summed E-state index contributed by atoms with van der Waals surface area (Å²) in [4.78, 5) is 4.59. The predicted octanol–water partition coefficient (Wildman–Crippen LogP) is 3.11. The Morgan fingerprint density at radius 1 is 1.17 bits per heavy atom. The Labute approximate surface area is 118 Å². The maximum atomic E-state index is 6.28. The van der Waals surface area contributed by atoms with Gasteiger partial charge in [0.15, 0.2) is 0 Å². The number of nitrogen functional groups attached to an aromatic ring is 1. The van der Waals surface area contributed by atoms with Crippen molar-refractivity contribution >= 4 is 34.6 Å². The van der Waals surface area contributed by atoms with Crippen LogP contribution < -0.4 is 10.6 Å². The Hall–Kier alpha value is -0.640. The summed E-state index contributed by atoms with van der Waals surface area (Å²) in [5.41, 5.74) is 7.34. The van der Waals surface area contributed by atoms with Crippen LogP contribution in [-0.2, 0) is 0 Å². The fourth-order valence-electron chi connectivity index (χ4n) is 2.32. The molecule has 2 rings (SSSR count). The summed E-state index contributed by atoms with van der Waals surface area (Å²) in [6.45, 7) is 7.25. The predicted molar refractivity (Wildman–Crippen MR) is 79.8 cm³/mol. The normalized spacial score (nSPS) is 20.2. The first-order valence-electron chi connectivity index (χ1n) is 6.02. The molecule has 0 unspecified atom stereocenters. The van der Waals surface area contributed by atoms with Crippen molar-refractivity contribution in [1.29, 1.82) is 0 Å². The van der Waals surface area contributed by atoms with E-state index in [1.165, 1.54) is 0 Å². The molecule has 1 heterocycles. The zero-order valence-corrected chi connectivity index (χ0v) is 12.5. The van der Waals surface area contributed by atoms with E-state index in [1.54, 1.807) is 12.1 Å². The average Bonchev–Trinajstić information content (AvgIpc) is 2.21. The van der Waals surface area contributed by atoms with Crippen LogP contribution in [0.2, 0.25) is 10.0 Å². The molecule has 3 nitrogen and oxygen atoms in total. The van der Waals surface area contributed by atoms with Crippen LogP contribution in [-0.4, -0.2) is 37.1 Å². The second-order valence-electron chi connectivity index (χ2n) is 5.49. The number of likely N-dealkylation sites (N-methyl/N-ethyl adjacent to an activating group) is 1. The van der Waals surface area contributed by atoms with Crippen LogP contribution in [0.25, 0.3) is 0 Å². The van der Waals surface area contributed by atoms with E-state index >= 15 is 0 Å². The highest BCUT2D eigenvalue weighted by atomic mass is 35.5. The summed E-state index contributed by atoms with van der Waals surface area (Å²) in [6, 6.07) is 3.52. The lowest BCUT2D eigenvalue weighted by Gasteiger charge is -2.46. The number of hydrogen-bond donors (Lipinski definition) is 1. The first-order valence-corrected chi connectivity index (χ1v) is 6.77. The summed E-state index contributed by atoms with van der Waals surface area (Å²) in [5, 5.41) is 1.25. The van der Waals surface area contributed by atoms with Crippen molar-refractivity contribution in [1.82, 2.24) is 4.90 Å². The number of halogens is 2. The van der Waals surface area contributed by atoms with Crippen LogP contribution >= 0.6 is 23.2 Å². The van der Waals surface area contributed by atoms with Crippen LogP contribution in [0.1, 0.15) is 13.8 Å². The largest absolute Gasteiger partial charge is 0.399 e. The van der Waals surface area contributed by atoms with Crippen molar-refractivity contribution in [3.63, 3.8) is 0 Å². The number of anilines is 2. The molecule has 0 bridgehead atoms. The van der Waals surface area contributed by atoms with Crippen LogP contribution in [0.15, 0.2) is 12.1 Å². The molecular formula is C13H19Cl2N3. The van der Waals surface area contributed by atoms with Gasteiger partial charge in [-0.15, -0.1) is 0 Å². The summed E-state index contributed by atoms with van der Waals surface area (Å²) in [5.74, 6) is 0. The minimum Gasteiger partial charge on any atom is -0.399 e. The lowest BCUT2D eigenvalue weighted by atomic mass is 9.99. The maximum absolute atomic E-state index is 6.28. The molecule has 1 aromatic rings. The molecule has 0 spiro atoms. The first-order chi connectivity index (χ1) is 8.31. The van der Waals surface area contributed by atoms with E-state index < -0.39 is 0 Å². The van der Waals surface area contributed by atoms with Crippen molar-refractivity contribution in [3.05, 3.63) is 22.2 Å². The molecule has 0 atom stereocenters. The molecule has 2 N–H and O–H groups in total. The zero-order chi connectivity index (χ0) is 13.5. The third kappa shape index (κ3) is 2.53. The minimum atomic E-state index is 0.103. The van der Waals surface area contributed by atoms with Crippen molar-refractivity contribution in [2.75, 3.05) is 37.3 Å². The smallest absolute Gasteiger partial charge is 0.0747 e. The van der Waals surface area contributed by atoms with Gasteiger partial charge >= 0.3 is 0 Å². The molecule has 0 amide bonds. The Morgan fingerprint density at radius 3 is 2.22 bits per heavy atom. The minimum absolute atomic E-state index is 0.103. The molecule has 18 heavy (non-hydrogen) atoms. The number of nitrogens with zero attached hydrogens (tertiary/aromatic N) is 2. The van der Waals surface area contributed by atoms with E-state index in [2.05, 4.69) is 30.7 Å². The SMILES string of the molecule is CN1CCN(c2c(Cl)cc(N)cc2Cl)CC1(C)C. The molecule has 1 fully saturated rings. The van der Waals surface area contributed by atoms with Gasteiger partial charge in [-0.25, -0.2) is 0 Å². The second kappa shape index (κ2) is 4.80. The molecule has 0 radical (unpaired) electrons. The zero-order valence-electron chi connectivity index (χ0n) is 11.0. The van der Waals surface area contributed by atoms with E-state index in [-0.39, 0.29) is 5.54 Å². The molecule has 0 aliphatic carbocycles. The van der Waals surface area contributed by atoms with E-state index in [9.17, 15) is 0 Å². The molecule has 1 saturated heterocycles. The average molecular weight is 288 g/mol. The van der Waals surface area contributed by atoms with Crippen molar-refractivity contribution in [2.45, 2.75) is 19.4 Å². The molecule has 0 aromatic heterocycles. The summed E-state index contributed by atoms with van der Waals surface area (Å²) in [7, 11) is 2.14. The van der Waals surface area contributed by atoms with Gasteiger partial charge in [0.25, 0.3) is 0 Å². The number of piperazine rings is 1. The highest BCUT2D eigenvalue weighted by molar-refractivity contribution is 6.39. The van der Waals surface area contributed by atoms with Gasteiger partial charge in [-0.05, 0) is 33.0 Å². The number of nitrogens with two attached hydrogens (primary N) is 1. The number of rotatable bonds is 1. The van der Waals surface area contributed by atoms with Crippen LogP contribution in [0.3, 0.4) is 0 Å². The van der Waals surface area contributed by atoms with Gasteiger partial charge in [0.2, 0.25) is 0 Å². The standard InChI is InChI=1S/C13H19Cl2N3/c1-13(2)8-18(5-4-17(13)3)12-10(14)6-9(16)7-11(12)15/h6-7H,4-5,8,16H2,1-3H3. The van der Waals surface area contributed by atoms with Crippen molar-refractivity contribution in [2.24, 2.45) is 0 Å². The topological polar surface area (TPSA) is 32.5 Å². The van der Waals surface area contributed by atoms with E-state index in [0.29, 0.717) is 15.7 Å². The van der Waals surface area contributed by atoms with Crippen molar-refractivity contribution < 1.29 is 0 Å². The fourth-order valence-corrected chi connectivity index (χ4v) is 3.06. The van der Waals surface area contributed by atoms with Gasteiger partial charge in [-0.3, -0.25) is 4.90 Å². The van der Waals surface area contributed by atoms with Crippen LogP contribution in [0, 0.1) is 0 Å². The van der Waals surface area contributed by atoms with Crippen LogP contribution in [0.4, 0.5) is 11.4 Å². The third-order valence-electron chi connectivity index (χ3n) is 3.67. The van der Waals surface area contributed by atoms with Gasteiger partial charge in [0, 0.05) is 30.9 Å². The molecule has 1 aromatic carbocycles. The molecule has 0 saturated carbocycles. The highest BCUT2D eigenvalue weighted by Crippen LogP contribution is 2.37. The molecular weight excluding hydrogens is 269 g/mol. The Balaban J connectivity index is 2.33. The second-order valence-corrected chi connectivity index (χ2v) is 6.30. The summed E-state index contributed by atoms with van der Waals surface area (Å²) in [6.07, 6.45) is 0. The van der Waals surface area contributed by atoms with Crippen molar-refractivity contribution in [3.8, 4) is 0 Å². The van der Waals surface area contributed by atoms with Gasteiger partial charge < -0.3 is 10.6 Å². The van der Waals surface area contributed by atoms with Gasteiger partial charge in [0.1, 0.15) is 0 Å². The van der Waals surface area contributed by atoms with E-state index in [4.69, 9.17) is 28.9 Å². The quantitative estimate of drug-likeness (QED) is 0.806. The molecule has 1 aliphatic heterocycles. The Bertz CT molecular complexity index is 437. The lowest BCUT2D eigenvalue weighted by molar-refractivity contribution is 0.139. The molecule has 1 aliphatic rings. The lowest BCUT2D eigenvalue weighted by Crippen LogP contribution is -2.57. The van der Waals surface area contributed by atoms with Gasteiger partial charge in [0.05, 0.1) is 15.7 Å². The van der Waals surface area contributed by atoms with E-state index in [0.717, 1.165) is 25.3 Å². The van der Waals surface area contributed by atoms with Gasteiger partial charge in [-0.1, -0.05) is 23.2 Å². The number of hydrogen-bond acceptors (Lipinski definition) is 3. The monoisotopic (exact) mass is 287 g/mol. The summed E-state index contributed by atoms with van der Waals surface area (Å²) >= 11 is 12.6. The highest BCUT2D eigenvalue weighted by Gasteiger charge is 2.32. The first kappa shape index (κ1) is 13.8. The molecule has 100 valence electrons. The summed E-state index contributed by atoms with van der Waals surface area (Å²) < 4.78 is 0. The number of benzene rings is 1. The third-order valence-corrected chi connectivity index (χ3v) is 4.25.